The molecule has 7 heteroatoms. The number of aromatic nitrogens is 1. The first-order chi connectivity index (χ1) is 15.2. The number of fused-ring (bicyclic) bond motifs is 1. The second-order valence-corrected chi connectivity index (χ2v) is 7.53. The SMILES string of the molecule is COc1cc(F)ccc1-c1nc(N2CCOCC2)cc2c1CN(c1ccccc1)C2=O. The molecule has 3 aromatic rings. The molecule has 158 valence electrons. The molecule has 31 heavy (non-hydrogen) atoms. The molecule has 5 rings (SSSR count). The summed E-state index contributed by atoms with van der Waals surface area (Å²) in [5, 5.41) is 0. The van der Waals surface area contributed by atoms with E-state index in [9.17, 15) is 9.18 Å². The molecule has 6 nitrogen and oxygen atoms in total. The summed E-state index contributed by atoms with van der Waals surface area (Å²) < 4.78 is 24.8. The standard InChI is InChI=1S/C24H22FN3O3/c1-30-21-13-16(25)7-8-18(21)23-20-15-28(17-5-3-2-4-6-17)24(29)19(20)14-22(26-23)27-9-11-31-12-10-27/h2-8,13-14H,9-12,15H2,1H3. The molecule has 0 bridgehead atoms. The highest BCUT2D eigenvalue weighted by Crippen LogP contribution is 2.39. The van der Waals surface area contributed by atoms with E-state index in [2.05, 4.69) is 4.90 Å². The molecular formula is C24H22FN3O3. The van der Waals surface area contributed by atoms with E-state index in [1.165, 1.54) is 19.2 Å². The second kappa shape index (κ2) is 8.00. The lowest BCUT2D eigenvalue weighted by atomic mass is 10.0. The molecule has 2 aliphatic rings. The van der Waals surface area contributed by atoms with Crippen LogP contribution in [-0.4, -0.2) is 44.3 Å². The lowest BCUT2D eigenvalue weighted by molar-refractivity contribution is 0.0996. The number of anilines is 2. The van der Waals surface area contributed by atoms with Gasteiger partial charge in [-0.05, 0) is 30.3 Å². The van der Waals surface area contributed by atoms with Gasteiger partial charge in [0, 0.05) is 36.0 Å². The van der Waals surface area contributed by atoms with Gasteiger partial charge < -0.3 is 19.3 Å². The Morgan fingerprint density at radius 2 is 1.81 bits per heavy atom. The minimum absolute atomic E-state index is 0.0690. The zero-order valence-corrected chi connectivity index (χ0v) is 17.2. The fourth-order valence-electron chi connectivity index (χ4n) is 4.14. The van der Waals surface area contributed by atoms with E-state index < -0.39 is 0 Å². The van der Waals surface area contributed by atoms with E-state index in [0.29, 0.717) is 61.2 Å². The Balaban J connectivity index is 1.67. The van der Waals surface area contributed by atoms with Crippen LogP contribution in [-0.2, 0) is 11.3 Å². The number of para-hydroxylation sites is 1. The number of halogens is 1. The third kappa shape index (κ3) is 3.51. The zero-order chi connectivity index (χ0) is 21.4. The quantitative estimate of drug-likeness (QED) is 0.642. The topological polar surface area (TPSA) is 54.9 Å². The Bertz CT molecular complexity index is 1130. The maximum absolute atomic E-state index is 13.9. The number of pyridine rings is 1. The van der Waals surface area contributed by atoms with Gasteiger partial charge in [-0.15, -0.1) is 0 Å². The monoisotopic (exact) mass is 419 g/mol. The third-order valence-electron chi connectivity index (χ3n) is 5.72. The number of benzene rings is 2. The van der Waals surface area contributed by atoms with Crippen LogP contribution in [0.5, 0.6) is 5.75 Å². The Labute approximate surface area is 179 Å². The van der Waals surface area contributed by atoms with Gasteiger partial charge >= 0.3 is 0 Å². The first-order valence-electron chi connectivity index (χ1n) is 10.2. The fourth-order valence-corrected chi connectivity index (χ4v) is 4.14. The first kappa shape index (κ1) is 19.5. The number of morpholine rings is 1. The van der Waals surface area contributed by atoms with Crippen LogP contribution in [0.2, 0.25) is 0 Å². The molecule has 0 saturated carbocycles. The van der Waals surface area contributed by atoms with Crippen LogP contribution in [0.15, 0.2) is 54.6 Å². The number of amides is 1. The normalized spacial score (nSPS) is 15.9. The van der Waals surface area contributed by atoms with E-state index in [1.54, 1.807) is 11.0 Å². The number of rotatable bonds is 4. The van der Waals surface area contributed by atoms with Crippen molar-refractivity contribution in [2.45, 2.75) is 6.54 Å². The summed E-state index contributed by atoms with van der Waals surface area (Å²) in [6, 6.07) is 15.8. The van der Waals surface area contributed by atoms with Gasteiger partial charge in [-0.3, -0.25) is 4.79 Å². The van der Waals surface area contributed by atoms with Gasteiger partial charge in [-0.25, -0.2) is 9.37 Å². The first-order valence-corrected chi connectivity index (χ1v) is 10.2. The molecule has 0 unspecified atom stereocenters. The molecule has 0 spiro atoms. The number of hydrogen-bond donors (Lipinski definition) is 0. The van der Waals surface area contributed by atoms with Gasteiger partial charge in [0.15, 0.2) is 0 Å². The molecular weight excluding hydrogens is 397 g/mol. The van der Waals surface area contributed by atoms with Crippen LogP contribution in [0.1, 0.15) is 15.9 Å². The number of nitrogens with zero attached hydrogens (tertiary/aromatic N) is 3. The molecule has 1 amide bonds. The number of methoxy groups -OCH3 is 1. The van der Waals surface area contributed by atoms with Gasteiger partial charge in [-0.1, -0.05) is 18.2 Å². The fraction of sp³-hybridized carbons (Fsp3) is 0.250. The average Bonchev–Trinajstić information content (AvgIpc) is 3.16. The van der Waals surface area contributed by atoms with Crippen molar-refractivity contribution in [3.05, 3.63) is 71.5 Å². The summed E-state index contributed by atoms with van der Waals surface area (Å²) in [5.41, 5.74) is 3.56. The molecule has 0 aliphatic carbocycles. The Morgan fingerprint density at radius 3 is 2.55 bits per heavy atom. The zero-order valence-electron chi connectivity index (χ0n) is 17.2. The van der Waals surface area contributed by atoms with Crippen molar-refractivity contribution in [1.82, 2.24) is 4.98 Å². The third-order valence-corrected chi connectivity index (χ3v) is 5.72. The van der Waals surface area contributed by atoms with Gasteiger partial charge in [0.2, 0.25) is 0 Å². The van der Waals surface area contributed by atoms with Crippen molar-refractivity contribution in [2.24, 2.45) is 0 Å². The molecule has 0 atom stereocenters. The van der Waals surface area contributed by atoms with Crippen molar-refractivity contribution < 1.29 is 18.7 Å². The van der Waals surface area contributed by atoms with Gasteiger partial charge in [-0.2, -0.15) is 0 Å². The summed E-state index contributed by atoms with van der Waals surface area (Å²) in [7, 11) is 1.51. The Hall–Kier alpha value is -3.45. The van der Waals surface area contributed by atoms with Crippen molar-refractivity contribution >= 4 is 17.4 Å². The lowest BCUT2D eigenvalue weighted by Gasteiger charge is -2.28. The Morgan fingerprint density at radius 1 is 1.03 bits per heavy atom. The van der Waals surface area contributed by atoms with E-state index in [1.807, 2.05) is 36.4 Å². The maximum atomic E-state index is 13.9. The van der Waals surface area contributed by atoms with Crippen LogP contribution in [0.3, 0.4) is 0 Å². The minimum Gasteiger partial charge on any atom is -0.496 e. The summed E-state index contributed by atoms with van der Waals surface area (Å²) in [6.07, 6.45) is 0. The highest BCUT2D eigenvalue weighted by Gasteiger charge is 2.34. The molecule has 0 radical (unpaired) electrons. The van der Waals surface area contributed by atoms with E-state index >= 15 is 0 Å². The van der Waals surface area contributed by atoms with Crippen molar-refractivity contribution in [2.75, 3.05) is 43.2 Å². The summed E-state index contributed by atoms with van der Waals surface area (Å²) in [4.78, 5) is 22.2. The average molecular weight is 419 g/mol. The van der Waals surface area contributed by atoms with E-state index in [0.717, 1.165) is 11.3 Å². The predicted molar refractivity (Wildman–Crippen MR) is 116 cm³/mol. The molecule has 3 heterocycles. The highest BCUT2D eigenvalue weighted by molar-refractivity contribution is 6.11. The van der Waals surface area contributed by atoms with Crippen molar-refractivity contribution in [3.63, 3.8) is 0 Å². The summed E-state index contributed by atoms with van der Waals surface area (Å²) in [5.74, 6) is 0.648. The molecule has 2 aliphatic heterocycles. The van der Waals surface area contributed by atoms with Gasteiger partial charge in [0.1, 0.15) is 17.4 Å². The maximum Gasteiger partial charge on any atom is 0.259 e. The van der Waals surface area contributed by atoms with E-state index in [4.69, 9.17) is 14.5 Å². The van der Waals surface area contributed by atoms with Crippen LogP contribution in [0.25, 0.3) is 11.3 Å². The van der Waals surface area contributed by atoms with Crippen LogP contribution >= 0.6 is 0 Å². The van der Waals surface area contributed by atoms with Crippen LogP contribution < -0.4 is 14.5 Å². The van der Waals surface area contributed by atoms with E-state index in [-0.39, 0.29) is 11.7 Å². The number of ether oxygens (including phenoxy) is 2. The van der Waals surface area contributed by atoms with Crippen LogP contribution in [0.4, 0.5) is 15.9 Å². The number of carbonyl (C=O) groups excluding carboxylic acids is 1. The van der Waals surface area contributed by atoms with Crippen LogP contribution in [0, 0.1) is 5.82 Å². The second-order valence-electron chi connectivity index (χ2n) is 7.53. The number of hydrogen-bond acceptors (Lipinski definition) is 5. The molecule has 2 aromatic carbocycles. The summed E-state index contributed by atoms with van der Waals surface area (Å²) >= 11 is 0. The highest BCUT2D eigenvalue weighted by atomic mass is 19.1. The number of carbonyl (C=O) groups is 1. The molecule has 1 saturated heterocycles. The Kier molecular flexibility index (Phi) is 5.03. The van der Waals surface area contributed by atoms with Crippen molar-refractivity contribution in [1.29, 1.82) is 0 Å². The molecule has 1 aromatic heterocycles. The predicted octanol–water partition coefficient (Wildman–Crippen LogP) is 3.89. The van der Waals surface area contributed by atoms with Gasteiger partial charge in [0.25, 0.3) is 5.91 Å². The smallest absolute Gasteiger partial charge is 0.259 e. The largest absolute Gasteiger partial charge is 0.496 e. The molecule has 1 fully saturated rings. The minimum atomic E-state index is -0.386. The summed E-state index contributed by atoms with van der Waals surface area (Å²) in [6.45, 7) is 3.01. The lowest BCUT2D eigenvalue weighted by Crippen LogP contribution is -2.37. The van der Waals surface area contributed by atoms with Gasteiger partial charge in [0.05, 0.1) is 38.1 Å². The van der Waals surface area contributed by atoms with Crippen molar-refractivity contribution in [3.8, 4) is 17.0 Å². The molecule has 0 N–H and O–H groups in total.